The van der Waals surface area contributed by atoms with Gasteiger partial charge in [0.15, 0.2) is 0 Å². The zero-order valence-electron chi connectivity index (χ0n) is 6.98. The Morgan fingerprint density at radius 3 is 3.00 bits per heavy atom. The smallest absolute Gasteiger partial charge is 0.138 e. The summed E-state index contributed by atoms with van der Waals surface area (Å²) in [5, 5.41) is 2.81. The molecule has 1 rings (SSSR count). The Bertz CT molecular complexity index is 104. The van der Waals surface area contributed by atoms with Crippen molar-refractivity contribution < 1.29 is 9.13 Å². The molecule has 0 saturated carbocycles. The predicted molar refractivity (Wildman–Crippen MR) is 42.4 cm³/mol. The number of hydrogen-bond acceptors (Lipinski definition) is 2. The zero-order chi connectivity index (χ0) is 8.10. The number of hydrogen-bond donors (Lipinski definition) is 1. The fourth-order valence-electron chi connectivity index (χ4n) is 1.38. The molecular weight excluding hydrogens is 145 g/mol. The standard InChI is InChI=1S/C8H16FNO/c1-10-6-7(9)8-4-2-3-5-11-8/h7-8,10H,2-6H2,1H3. The van der Waals surface area contributed by atoms with Crippen molar-refractivity contribution in [2.45, 2.75) is 31.5 Å². The lowest BCUT2D eigenvalue weighted by Gasteiger charge is -2.25. The molecule has 0 radical (unpaired) electrons. The van der Waals surface area contributed by atoms with Gasteiger partial charge in [-0.1, -0.05) is 0 Å². The third kappa shape index (κ3) is 2.75. The van der Waals surface area contributed by atoms with E-state index in [1.54, 1.807) is 7.05 Å². The molecule has 0 aromatic heterocycles. The fourth-order valence-corrected chi connectivity index (χ4v) is 1.38. The summed E-state index contributed by atoms with van der Waals surface area (Å²) in [7, 11) is 1.76. The highest BCUT2D eigenvalue weighted by molar-refractivity contribution is 4.73. The molecule has 0 aromatic carbocycles. The van der Waals surface area contributed by atoms with Crippen molar-refractivity contribution in [1.29, 1.82) is 0 Å². The molecule has 1 N–H and O–H groups in total. The van der Waals surface area contributed by atoms with E-state index in [2.05, 4.69) is 5.32 Å². The molecular formula is C8H16FNO. The van der Waals surface area contributed by atoms with Crippen LogP contribution in [-0.2, 0) is 4.74 Å². The van der Waals surface area contributed by atoms with E-state index >= 15 is 0 Å². The summed E-state index contributed by atoms with van der Waals surface area (Å²) in [6, 6.07) is 0. The Kier molecular flexibility index (Phi) is 3.80. The van der Waals surface area contributed by atoms with Crippen LogP contribution in [0.4, 0.5) is 4.39 Å². The summed E-state index contributed by atoms with van der Waals surface area (Å²) in [6.07, 6.45) is 2.08. The van der Waals surface area contributed by atoms with Crippen LogP contribution in [0.3, 0.4) is 0 Å². The minimum Gasteiger partial charge on any atom is -0.375 e. The lowest BCUT2D eigenvalue weighted by Crippen LogP contribution is -2.35. The number of rotatable bonds is 3. The van der Waals surface area contributed by atoms with Gasteiger partial charge in [0.25, 0.3) is 0 Å². The minimum absolute atomic E-state index is 0.156. The van der Waals surface area contributed by atoms with Crippen molar-refractivity contribution in [2.75, 3.05) is 20.2 Å². The zero-order valence-corrected chi connectivity index (χ0v) is 6.98. The second-order valence-corrected chi connectivity index (χ2v) is 2.98. The van der Waals surface area contributed by atoms with E-state index in [1.165, 1.54) is 0 Å². The average Bonchev–Trinajstić information content (AvgIpc) is 2.07. The van der Waals surface area contributed by atoms with E-state index in [1.807, 2.05) is 0 Å². The maximum absolute atomic E-state index is 13.1. The number of halogens is 1. The molecule has 2 nitrogen and oxygen atoms in total. The Hall–Kier alpha value is -0.150. The molecule has 0 bridgehead atoms. The summed E-state index contributed by atoms with van der Waals surface area (Å²) in [6.45, 7) is 1.14. The van der Waals surface area contributed by atoms with Crippen molar-refractivity contribution in [3.63, 3.8) is 0 Å². The van der Waals surface area contributed by atoms with Gasteiger partial charge in [-0.05, 0) is 26.3 Å². The Labute approximate surface area is 67.1 Å². The van der Waals surface area contributed by atoms with Crippen LogP contribution in [0.5, 0.6) is 0 Å². The lowest BCUT2D eigenvalue weighted by atomic mass is 10.1. The third-order valence-electron chi connectivity index (χ3n) is 2.02. The van der Waals surface area contributed by atoms with Gasteiger partial charge in [0.2, 0.25) is 0 Å². The first-order valence-corrected chi connectivity index (χ1v) is 4.25. The first kappa shape index (κ1) is 8.94. The van der Waals surface area contributed by atoms with E-state index in [9.17, 15) is 4.39 Å². The highest BCUT2D eigenvalue weighted by Gasteiger charge is 2.22. The van der Waals surface area contributed by atoms with Gasteiger partial charge in [0.05, 0.1) is 6.10 Å². The van der Waals surface area contributed by atoms with Crippen LogP contribution in [-0.4, -0.2) is 32.5 Å². The molecule has 1 aliphatic heterocycles. The van der Waals surface area contributed by atoms with Crippen LogP contribution in [0.1, 0.15) is 19.3 Å². The lowest BCUT2D eigenvalue weighted by molar-refractivity contribution is -0.0310. The van der Waals surface area contributed by atoms with Crippen LogP contribution in [0.2, 0.25) is 0 Å². The van der Waals surface area contributed by atoms with Gasteiger partial charge in [0.1, 0.15) is 6.17 Å². The van der Waals surface area contributed by atoms with Gasteiger partial charge in [0, 0.05) is 13.2 Å². The predicted octanol–water partition coefficient (Wildman–Crippen LogP) is 1.11. The molecule has 2 unspecified atom stereocenters. The highest BCUT2D eigenvalue weighted by Crippen LogP contribution is 2.17. The first-order valence-electron chi connectivity index (χ1n) is 4.25. The van der Waals surface area contributed by atoms with Gasteiger partial charge in [-0.2, -0.15) is 0 Å². The van der Waals surface area contributed by atoms with Gasteiger partial charge in [-0.25, -0.2) is 4.39 Å². The van der Waals surface area contributed by atoms with Crippen molar-refractivity contribution in [3.05, 3.63) is 0 Å². The molecule has 1 fully saturated rings. The van der Waals surface area contributed by atoms with Crippen LogP contribution < -0.4 is 5.32 Å². The Balaban J connectivity index is 2.21. The largest absolute Gasteiger partial charge is 0.375 e. The van der Waals surface area contributed by atoms with Crippen LogP contribution in [0.25, 0.3) is 0 Å². The Morgan fingerprint density at radius 1 is 1.64 bits per heavy atom. The van der Waals surface area contributed by atoms with E-state index < -0.39 is 6.17 Å². The molecule has 66 valence electrons. The maximum atomic E-state index is 13.1. The van der Waals surface area contributed by atoms with Crippen molar-refractivity contribution in [1.82, 2.24) is 5.32 Å². The van der Waals surface area contributed by atoms with Crippen molar-refractivity contribution >= 4 is 0 Å². The molecule has 0 aromatic rings. The van der Waals surface area contributed by atoms with Crippen molar-refractivity contribution in [3.8, 4) is 0 Å². The molecule has 1 heterocycles. The second-order valence-electron chi connectivity index (χ2n) is 2.98. The van der Waals surface area contributed by atoms with Crippen molar-refractivity contribution in [2.24, 2.45) is 0 Å². The van der Waals surface area contributed by atoms with Gasteiger partial charge >= 0.3 is 0 Å². The Morgan fingerprint density at radius 2 is 2.45 bits per heavy atom. The van der Waals surface area contributed by atoms with Gasteiger partial charge in [-0.3, -0.25) is 0 Å². The van der Waals surface area contributed by atoms with Gasteiger partial charge < -0.3 is 10.1 Å². The van der Waals surface area contributed by atoms with E-state index in [0.29, 0.717) is 6.54 Å². The number of nitrogens with one attached hydrogen (secondary N) is 1. The maximum Gasteiger partial charge on any atom is 0.138 e. The summed E-state index contributed by atoms with van der Waals surface area (Å²) >= 11 is 0. The molecule has 0 amide bonds. The SMILES string of the molecule is CNCC(F)C1CCCCO1. The normalized spacial score (nSPS) is 28.4. The topological polar surface area (TPSA) is 21.3 Å². The quantitative estimate of drug-likeness (QED) is 0.669. The van der Waals surface area contributed by atoms with Gasteiger partial charge in [-0.15, -0.1) is 0 Å². The van der Waals surface area contributed by atoms with Crippen LogP contribution in [0, 0.1) is 0 Å². The average molecular weight is 161 g/mol. The summed E-state index contributed by atoms with van der Waals surface area (Å²) < 4.78 is 18.4. The molecule has 11 heavy (non-hydrogen) atoms. The van der Waals surface area contributed by atoms with E-state index in [0.717, 1.165) is 25.9 Å². The summed E-state index contributed by atoms with van der Waals surface area (Å²) in [5.74, 6) is 0. The molecule has 2 atom stereocenters. The third-order valence-corrected chi connectivity index (χ3v) is 2.02. The minimum atomic E-state index is -0.833. The first-order chi connectivity index (χ1) is 5.34. The summed E-state index contributed by atoms with van der Waals surface area (Å²) in [5.41, 5.74) is 0. The fraction of sp³-hybridized carbons (Fsp3) is 1.00. The molecule has 3 heteroatoms. The monoisotopic (exact) mass is 161 g/mol. The molecule has 0 aliphatic carbocycles. The van der Waals surface area contributed by atoms with E-state index in [-0.39, 0.29) is 6.10 Å². The van der Waals surface area contributed by atoms with Crippen LogP contribution >= 0.6 is 0 Å². The number of ether oxygens (including phenoxy) is 1. The molecule has 1 aliphatic rings. The summed E-state index contributed by atoms with van der Waals surface area (Å²) in [4.78, 5) is 0. The second kappa shape index (κ2) is 4.67. The molecule has 0 spiro atoms. The van der Waals surface area contributed by atoms with E-state index in [4.69, 9.17) is 4.74 Å². The highest BCUT2D eigenvalue weighted by atomic mass is 19.1. The molecule has 1 saturated heterocycles. The number of alkyl halides is 1. The van der Waals surface area contributed by atoms with Crippen LogP contribution in [0.15, 0.2) is 0 Å².